The standard InChI is InChI=1S/C17H15ClN4O2/c1-24-15-5-3-2-4-14(15)22-16(19)13(10-20-22)17(23)21-12-8-6-11(18)7-9-12/h2-10H,19H2,1H3,(H,21,23). The maximum atomic E-state index is 12.4. The Bertz CT molecular complexity index is 875. The molecule has 0 unspecified atom stereocenters. The lowest BCUT2D eigenvalue weighted by atomic mass is 10.2. The van der Waals surface area contributed by atoms with Gasteiger partial charge in [-0.2, -0.15) is 5.10 Å². The maximum absolute atomic E-state index is 12.4. The fraction of sp³-hybridized carbons (Fsp3) is 0.0588. The van der Waals surface area contributed by atoms with Crippen LogP contribution < -0.4 is 15.8 Å². The highest BCUT2D eigenvalue weighted by Crippen LogP contribution is 2.26. The fourth-order valence-corrected chi connectivity index (χ4v) is 2.39. The molecule has 0 bridgehead atoms. The SMILES string of the molecule is COc1ccccc1-n1ncc(C(=O)Nc2ccc(Cl)cc2)c1N. The van der Waals surface area contributed by atoms with E-state index in [-0.39, 0.29) is 17.3 Å². The molecule has 0 spiro atoms. The number of halogens is 1. The Morgan fingerprint density at radius 1 is 1.21 bits per heavy atom. The summed E-state index contributed by atoms with van der Waals surface area (Å²) >= 11 is 5.83. The Morgan fingerprint density at radius 2 is 1.92 bits per heavy atom. The number of ether oxygens (including phenoxy) is 1. The van der Waals surface area contributed by atoms with Crippen molar-refractivity contribution in [2.24, 2.45) is 0 Å². The summed E-state index contributed by atoms with van der Waals surface area (Å²) in [6, 6.07) is 14.1. The molecule has 0 fully saturated rings. The average molecular weight is 343 g/mol. The van der Waals surface area contributed by atoms with Crippen molar-refractivity contribution in [3.05, 3.63) is 65.3 Å². The molecule has 7 heteroatoms. The minimum atomic E-state index is -0.351. The number of carbonyl (C=O) groups excluding carboxylic acids is 1. The van der Waals surface area contributed by atoms with Crippen LogP contribution in [0.15, 0.2) is 54.7 Å². The van der Waals surface area contributed by atoms with E-state index in [1.807, 2.05) is 18.2 Å². The number of nitrogens with two attached hydrogens (primary N) is 1. The van der Waals surface area contributed by atoms with Crippen LogP contribution in [-0.2, 0) is 0 Å². The van der Waals surface area contributed by atoms with Gasteiger partial charge in [0.2, 0.25) is 0 Å². The van der Waals surface area contributed by atoms with Gasteiger partial charge in [-0.15, -0.1) is 0 Å². The van der Waals surface area contributed by atoms with Crippen molar-refractivity contribution in [1.29, 1.82) is 0 Å². The van der Waals surface area contributed by atoms with Gasteiger partial charge in [0.1, 0.15) is 22.8 Å². The lowest BCUT2D eigenvalue weighted by molar-refractivity contribution is 0.102. The van der Waals surface area contributed by atoms with Crippen LogP contribution in [0.5, 0.6) is 5.75 Å². The van der Waals surface area contributed by atoms with Crippen LogP contribution in [0.3, 0.4) is 0 Å². The first-order valence-corrected chi connectivity index (χ1v) is 7.51. The summed E-state index contributed by atoms with van der Waals surface area (Å²) in [5.74, 6) is 0.485. The third-order valence-electron chi connectivity index (χ3n) is 3.47. The summed E-state index contributed by atoms with van der Waals surface area (Å²) in [5, 5.41) is 7.55. The van der Waals surface area contributed by atoms with Crippen LogP contribution in [0, 0.1) is 0 Å². The molecular weight excluding hydrogens is 328 g/mol. The van der Waals surface area contributed by atoms with E-state index in [0.717, 1.165) is 0 Å². The van der Waals surface area contributed by atoms with Gasteiger partial charge in [-0.05, 0) is 36.4 Å². The highest BCUT2D eigenvalue weighted by Gasteiger charge is 2.18. The van der Waals surface area contributed by atoms with Crippen molar-refractivity contribution >= 4 is 29.0 Å². The van der Waals surface area contributed by atoms with E-state index in [1.54, 1.807) is 37.4 Å². The van der Waals surface area contributed by atoms with Crippen molar-refractivity contribution in [2.75, 3.05) is 18.2 Å². The Labute approximate surface area is 143 Å². The molecule has 122 valence electrons. The minimum absolute atomic E-state index is 0.228. The van der Waals surface area contributed by atoms with Crippen LogP contribution in [0.4, 0.5) is 11.5 Å². The quantitative estimate of drug-likeness (QED) is 0.761. The topological polar surface area (TPSA) is 82.2 Å². The van der Waals surface area contributed by atoms with Gasteiger partial charge in [0, 0.05) is 10.7 Å². The molecule has 6 nitrogen and oxygen atoms in total. The first kappa shape index (κ1) is 15.9. The second-order valence-corrected chi connectivity index (χ2v) is 5.42. The number of carbonyl (C=O) groups is 1. The normalized spacial score (nSPS) is 10.4. The number of hydrogen-bond donors (Lipinski definition) is 2. The molecule has 0 aliphatic rings. The lowest BCUT2D eigenvalue weighted by Crippen LogP contribution is -2.14. The molecule has 0 aliphatic carbocycles. The van der Waals surface area contributed by atoms with Gasteiger partial charge in [-0.1, -0.05) is 23.7 Å². The number of aromatic nitrogens is 2. The monoisotopic (exact) mass is 342 g/mol. The van der Waals surface area contributed by atoms with Gasteiger partial charge >= 0.3 is 0 Å². The molecule has 24 heavy (non-hydrogen) atoms. The number of nitrogens with zero attached hydrogens (tertiary/aromatic N) is 2. The maximum Gasteiger partial charge on any atom is 0.261 e. The molecule has 2 aromatic carbocycles. The van der Waals surface area contributed by atoms with E-state index in [1.165, 1.54) is 10.9 Å². The van der Waals surface area contributed by atoms with Crippen LogP contribution in [0.25, 0.3) is 5.69 Å². The number of para-hydroxylation sites is 2. The van der Waals surface area contributed by atoms with Crippen molar-refractivity contribution in [3.8, 4) is 11.4 Å². The molecule has 3 N–H and O–H groups in total. The summed E-state index contributed by atoms with van der Waals surface area (Å²) in [5.41, 5.74) is 7.65. The molecule has 0 saturated carbocycles. The first-order chi connectivity index (χ1) is 11.6. The van der Waals surface area contributed by atoms with Gasteiger partial charge in [0.05, 0.1) is 13.3 Å². The Kier molecular flexibility index (Phi) is 4.39. The minimum Gasteiger partial charge on any atom is -0.494 e. The van der Waals surface area contributed by atoms with Crippen LogP contribution in [0.1, 0.15) is 10.4 Å². The largest absolute Gasteiger partial charge is 0.494 e. The molecule has 0 saturated heterocycles. The zero-order valence-corrected chi connectivity index (χ0v) is 13.6. The van der Waals surface area contributed by atoms with E-state index < -0.39 is 0 Å². The number of amides is 1. The third kappa shape index (κ3) is 3.04. The molecule has 0 aliphatic heterocycles. The van der Waals surface area contributed by atoms with Crippen molar-refractivity contribution in [3.63, 3.8) is 0 Å². The number of anilines is 2. The highest BCUT2D eigenvalue weighted by molar-refractivity contribution is 6.30. The molecule has 1 heterocycles. The Balaban J connectivity index is 1.89. The van der Waals surface area contributed by atoms with Crippen molar-refractivity contribution in [1.82, 2.24) is 9.78 Å². The average Bonchev–Trinajstić information content (AvgIpc) is 2.98. The summed E-state index contributed by atoms with van der Waals surface area (Å²) in [4.78, 5) is 12.4. The van der Waals surface area contributed by atoms with Gasteiger partial charge in [0.15, 0.2) is 0 Å². The second-order valence-electron chi connectivity index (χ2n) is 4.99. The predicted molar refractivity (Wildman–Crippen MR) is 93.9 cm³/mol. The van der Waals surface area contributed by atoms with E-state index >= 15 is 0 Å². The van der Waals surface area contributed by atoms with Crippen LogP contribution in [0.2, 0.25) is 5.02 Å². The highest BCUT2D eigenvalue weighted by atomic mass is 35.5. The van der Waals surface area contributed by atoms with Gasteiger partial charge in [0.25, 0.3) is 5.91 Å². The van der Waals surface area contributed by atoms with E-state index in [4.69, 9.17) is 22.1 Å². The first-order valence-electron chi connectivity index (χ1n) is 7.14. The second kappa shape index (κ2) is 6.64. The van der Waals surface area contributed by atoms with Crippen LogP contribution in [-0.4, -0.2) is 22.8 Å². The van der Waals surface area contributed by atoms with Gasteiger partial charge < -0.3 is 15.8 Å². The molecule has 3 rings (SSSR count). The zero-order chi connectivity index (χ0) is 17.1. The number of benzene rings is 2. The zero-order valence-electron chi connectivity index (χ0n) is 12.9. The summed E-state index contributed by atoms with van der Waals surface area (Å²) in [6.07, 6.45) is 1.42. The van der Waals surface area contributed by atoms with E-state index in [2.05, 4.69) is 10.4 Å². The summed E-state index contributed by atoms with van der Waals surface area (Å²) < 4.78 is 6.77. The molecule has 1 amide bonds. The smallest absolute Gasteiger partial charge is 0.261 e. The molecule has 1 aromatic heterocycles. The Hall–Kier alpha value is -2.99. The summed E-state index contributed by atoms with van der Waals surface area (Å²) in [7, 11) is 1.56. The van der Waals surface area contributed by atoms with Crippen LogP contribution >= 0.6 is 11.6 Å². The predicted octanol–water partition coefficient (Wildman–Crippen LogP) is 3.37. The number of rotatable bonds is 4. The van der Waals surface area contributed by atoms with E-state index in [9.17, 15) is 4.79 Å². The lowest BCUT2D eigenvalue weighted by Gasteiger charge is -2.10. The fourth-order valence-electron chi connectivity index (χ4n) is 2.26. The van der Waals surface area contributed by atoms with Gasteiger partial charge in [-0.3, -0.25) is 4.79 Å². The number of hydrogen-bond acceptors (Lipinski definition) is 4. The van der Waals surface area contributed by atoms with Crippen molar-refractivity contribution < 1.29 is 9.53 Å². The Morgan fingerprint density at radius 3 is 2.62 bits per heavy atom. The molecule has 0 radical (unpaired) electrons. The number of nitrogens with one attached hydrogen (secondary N) is 1. The number of nitrogen functional groups attached to an aromatic ring is 1. The molecule has 0 atom stereocenters. The van der Waals surface area contributed by atoms with Crippen molar-refractivity contribution in [2.45, 2.75) is 0 Å². The summed E-state index contributed by atoms with van der Waals surface area (Å²) in [6.45, 7) is 0. The molecular formula is C17H15ClN4O2. The van der Waals surface area contributed by atoms with Gasteiger partial charge in [-0.25, -0.2) is 4.68 Å². The third-order valence-corrected chi connectivity index (χ3v) is 3.72. The molecule has 3 aromatic rings. The number of methoxy groups -OCH3 is 1. The van der Waals surface area contributed by atoms with E-state index in [0.29, 0.717) is 22.1 Å².